The van der Waals surface area contributed by atoms with Crippen molar-refractivity contribution in [1.82, 2.24) is 4.98 Å². The quantitative estimate of drug-likeness (QED) is 0.620. The van der Waals surface area contributed by atoms with Crippen molar-refractivity contribution in [2.75, 3.05) is 6.26 Å². The summed E-state index contributed by atoms with van der Waals surface area (Å²) in [5.74, 6) is 1.19. The molecule has 2 fully saturated rings. The van der Waals surface area contributed by atoms with Gasteiger partial charge in [0.25, 0.3) is 0 Å². The van der Waals surface area contributed by atoms with E-state index in [1.807, 2.05) is 6.26 Å². The van der Waals surface area contributed by atoms with Crippen molar-refractivity contribution >= 4 is 17.7 Å². The monoisotopic (exact) mass is 263 g/mol. The average molecular weight is 263 g/mol. The topological polar surface area (TPSA) is 39.2 Å². The normalized spacial score (nSPS) is 29.5. The van der Waals surface area contributed by atoms with Crippen LogP contribution in [-0.4, -0.2) is 23.3 Å². The molecule has 0 saturated heterocycles. The molecule has 0 aliphatic heterocycles. The number of carbonyl (C=O) groups is 1. The molecule has 2 aliphatic rings. The lowest BCUT2D eigenvalue weighted by molar-refractivity contribution is 0.0154. The summed E-state index contributed by atoms with van der Waals surface area (Å²) in [4.78, 5) is 16.4. The molecule has 2 bridgehead atoms. The first-order chi connectivity index (χ1) is 8.78. The molecule has 1 heterocycles. The average Bonchev–Trinajstić information content (AvgIpc) is 3.01. The molecule has 18 heavy (non-hydrogen) atoms. The van der Waals surface area contributed by atoms with Crippen molar-refractivity contribution in [3.63, 3.8) is 0 Å². The Balaban J connectivity index is 1.71. The van der Waals surface area contributed by atoms with Gasteiger partial charge in [-0.15, -0.1) is 11.8 Å². The van der Waals surface area contributed by atoms with Crippen LogP contribution in [0.25, 0.3) is 0 Å². The lowest BCUT2D eigenvalue weighted by Gasteiger charge is -2.22. The third-order valence-electron chi connectivity index (χ3n) is 4.12. The lowest BCUT2D eigenvalue weighted by Crippen LogP contribution is -2.24. The van der Waals surface area contributed by atoms with E-state index in [2.05, 4.69) is 4.98 Å². The summed E-state index contributed by atoms with van der Waals surface area (Å²) >= 11 is 1.49. The van der Waals surface area contributed by atoms with E-state index >= 15 is 0 Å². The van der Waals surface area contributed by atoms with Crippen LogP contribution >= 0.6 is 11.8 Å². The standard InChI is InChI=1S/C14H17NO2S/c1-18-13-11(3-2-6-15-13)14(16)17-12-8-9-4-5-10(12)7-9/h2-3,6,9-10,12H,4-5,7-8H2,1H3/t9-,10-,12-/m0/s1. The first kappa shape index (κ1) is 12.0. The van der Waals surface area contributed by atoms with E-state index in [1.165, 1.54) is 31.0 Å². The summed E-state index contributed by atoms with van der Waals surface area (Å²) in [5.41, 5.74) is 0.604. The Bertz CT molecular complexity index is 463. The Hall–Kier alpha value is -1.03. The summed E-state index contributed by atoms with van der Waals surface area (Å²) in [7, 11) is 0. The van der Waals surface area contributed by atoms with Gasteiger partial charge < -0.3 is 4.74 Å². The second-order valence-corrected chi connectivity index (χ2v) is 5.97. The molecule has 1 aromatic heterocycles. The molecule has 0 unspecified atom stereocenters. The lowest BCUT2D eigenvalue weighted by atomic mass is 9.98. The second kappa shape index (κ2) is 4.92. The minimum absolute atomic E-state index is 0.145. The summed E-state index contributed by atoms with van der Waals surface area (Å²) in [6.45, 7) is 0. The fraction of sp³-hybridized carbons (Fsp3) is 0.571. The first-order valence-corrected chi connectivity index (χ1v) is 7.70. The van der Waals surface area contributed by atoms with Crippen LogP contribution in [0.1, 0.15) is 36.0 Å². The van der Waals surface area contributed by atoms with Crippen LogP contribution in [0, 0.1) is 11.8 Å². The molecule has 3 atom stereocenters. The molecule has 96 valence electrons. The van der Waals surface area contributed by atoms with Crippen molar-refractivity contribution < 1.29 is 9.53 Å². The summed E-state index contributed by atoms with van der Waals surface area (Å²) in [5, 5.41) is 0.755. The largest absolute Gasteiger partial charge is 0.458 e. The van der Waals surface area contributed by atoms with Crippen LogP contribution in [0.4, 0.5) is 0 Å². The van der Waals surface area contributed by atoms with Gasteiger partial charge in [-0.3, -0.25) is 0 Å². The Labute approximate surface area is 111 Å². The minimum Gasteiger partial charge on any atom is -0.458 e. The van der Waals surface area contributed by atoms with Gasteiger partial charge in [0, 0.05) is 6.20 Å². The van der Waals surface area contributed by atoms with Crippen LogP contribution in [0.15, 0.2) is 23.4 Å². The molecule has 0 aromatic carbocycles. The number of esters is 1. The number of hydrogen-bond acceptors (Lipinski definition) is 4. The predicted octanol–water partition coefficient (Wildman–Crippen LogP) is 3.15. The SMILES string of the molecule is CSc1ncccc1C(=O)O[C@H]1C[C@H]2CC[C@H]1C2. The van der Waals surface area contributed by atoms with Gasteiger partial charge >= 0.3 is 5.97 Å². The third kappa shape index (κ3) is 2.14. The molecular formula is C14H17NO2S. The van der Waals surface area contributed by atoms with Crippen LogP contribution in [-0.2, 0) is 4.74 Å². The fourth-order valence-electron chi connectivity index (χ4n) is 3.24. The van der Waals surface area contributed by atoms with Gasteiger partial charge in [0.15, 0.2) is 0 Å². The Kier molecular flexibility index (Phi) is 3.29. The van der Waals surface area contributed by atoms with Crippen molar-refractivity contribution in [2.24, 2.45) is 11.8 Å². The molecule has 0 radical (unpaired) electrons. The number of pyridine rings is 1. The highest BCUT2D eigenvalue weighted by Gasteiger charge is 2.41. The van der Waals surface area contributed by atoms with E-state index in [9.17, 15) is 4.79 Å². The maximum Gasteiger partial charge on any atom is 0.341 e. The van der Waals surface area contributed by atoms with E-state index in [0.29, 0.717) is 11.5 Å². The van der Waals surface area contributed by atoms with Gasteiger partial charge in [-0.05, 0) is 55.9 Å². The number of hydrogen-bond donors (Lipinski definition) is 0. The molecule has 0 N–H and O–H groups in total. The van der Waals surface area contributed by atoms with Crippen molar-refractivity contribution in [1.29, 1.82) is 0 Å². The highest BCUT2D eigenvalue weighted by molar-refractivity contribution is 7.98. The summed E-state index contributed by atoms with van der Waals surface area (Å²) in [6.07, 6.45) is 8.64. The Morgan fingerprint density at radius 1 is 1.44 bits per heavy atom. The first-order valence-electron chi connectivity index (χ1n) is 6.48. The molecule has 2 aliphatic carbocycles. The number of fused-ring (bicyclic) bond motifs is 2. The van der Waals surface area contributed by atoms with Gasteiger partial charge in [0.1, 0.15) is 11.1 Å². The fourth-order valence-corrected chi connectivity index (χ4v) is 3.78. The van der Waals surface area contributed by atoms with Crippen LogP contribution in [0.5, 0.6) is 0 Å². The molecule has 0 spiro atoms. The van der Waals surface area contributed by atoms with E-state index < -0.39 is 0 Å². The van der Waals surface area contributed by atoms with E-state index in [-0.39, 0.29) is 12.1 Å². The molecule has 2 saturated carbocycles. The number of aromatic nitrogens is 1. The van der Waals surface area contributed by atoms with Gasteiger partial charge in [0.05, 0.1) is 5.56 Å². The predicted molar refractivity (Wildman–Crippen MR) is 70.7 cm³/mol. The minimum atomic E-state index is -0.204. The number of ether oxygens (including phenoxy) is 1. The van der Waals surface area contributed by atoms with Crippen molar-refractivity contribution in [2.45, 2.75) is 36.8 Å². The molecule has 3 rings (SSSR count). The maximum atomic E-state index is 12.2. The third-order valence-corrected chi connectivity index (χ3v) is 4.83. The summed E-state index contributed by atoms with van der Waals surface area (Å²) < 4.78 is 5.68. The molecule has 3 nitrogen and oxygen atoms in total. The number of carbonyl (C=O) groups excluding carboxylic acids is 1. The zero-order valence-electron chi connectivity index (χ0n) is 10.5. The van der Waals surface area contributed by atoms with Crippen molar-refractivity contribution in [3.05, 3.63) is 23.9 Å². The van der Waals surface area contributed by atoms with Gasteiger partial charge in [-0.1, -0.05) is 0 Å². The van der Waals surface area contributed by atoms with E-state index in [4.69, 9.17) is 4.74 Å². The zero-order chi connectivity index (χ0) is 12.5. The van der Waals surface area contributed by atoms with Crippen LogP contribution < -0.4 is 0 Å². The van der Waals surface area contributed by atoms with E-state index in [0.717, 1.165) is 17.4 Å². The Morgan fingerprint density at radius 2 is 2.33 bits per heavy atom. The summed E-state index contributed by atoms with van der Waals surface area (Å²) in [6, 6.07) is 3.59. The number of nitrogens with zero attached hydrogens (tertiary/aromatic N) is 1. The van der Waals surface area contributed by atoms with E-state index in [1.54, 1.807) is 18.3 Å². The van der Waals surface area contributed by atoms with Gasteiger partial charge in [0.2, 0.25) is 0 Å². The molecule has 1 aromatic rings. The molecule has 0 amide bonds. The number of thioether (sulfide) groups is 1. The Morgan fingerprint density at radius 3 is 3.00 bits per heavy atom. The van der Waals surface area contributed by atoms with Crippen LogP contribution in [0.2, 0.25) is 0 Å². The molecular weight excluding hydrogens is 246 g/mol. The molecule has 4 heteroatoms. The smallest absolute Gasteiger partial charge is 0.341 e. The number of rotatable bonds is 3. The zero-order valence-corrected chi connectivity index (χ0v) is 11.3. The second-order valence-electron chi connectivity index (χ2n) is 5.18. The highest BCUT2D eigenvalue weighted by Crippen LogP contribution is 2.46. The van der Waals surface area contributed by atoms with Gasteiger partial charge in [-0.2, -0.15) is 0 Å². The van der Waals surface area contributed by atoms with Crippen molar-refractivity contribution in [3.8, 4) is 0 Å². The highest BCUT2D eigenvalue weighted by atomic mass is 32.2. The van der Waals surface area contributed by atoms with Crippen LogP contribution in [0.3, 0.4) is 0 Å². The van der Waals surface area contributed by atoms with Gasteiger partial charge in [-0.25, -0.2) is 9.78 Å². The maximum absolute atomic E-state index is 12.2.